The Kier molecular flexibility index (Phi) is 5.05. The molecule has 1 aliphatic rings. The molecule has 0 radical (unpaired) electrons. The van der Waals surface area contributed by atoms with E-state index < -0.39 is 0 Å². The average Bonchev–Trinajstić information content (AvgIpc) is 2.73. The summed E-state index contributed by atoms with van der Waals surface area (Å²) in [5.41, 5.74) is 1.46. The van der Waals surface area contributed by atoms with E-state index in [0.717, 1.165) is 11.3 Å². The largest absolute Gasteiger partial charge is 0.486 e. The van der Waals surface area contributed by atoms with Gasteiger partial charge in [0.05, 0.1) is 5.69 Å². The molecule has 0 spiro atoms. The number of ether oxygens (including phenoxy) is 2. The molecule has 3 heterocycles. The van der Waals surface area contributed by atoms with Crippen LogP contribution in [0.1, 0.15) is 6.42 Å². The van der Waals surface area contributed by atoms with Crippen LogP contribution in [0, 0.1) is 0 Å². The monoisotopic (exact) mass is 377 g/mol. The lowest BCUT2D eigenvalue weighted by molar-refractivity contribution is -0.116. The third-order valence-corrected chi connectivity index (χ3v) is 4.33. The normalized spacial score (nSPS) is 12.4. The van der Waals surface area contributed by atoms with Crippen molar-refractivity contribution in [3.63, 3.8) is 0 Å². The van der Waals surface area contributed by atoms with Crippen molar-refractivity contribution in [3.8, 4) is 22.8 Å². The molecular weight excluding hydrogens is 358 g/mol. The minimum atomic E-state index is -0.206. The van der Waals surface area contributed by atoms with Crippen molar-refractivity contribution >= 4 is 11.7 Å². The second-order valence-electron chi connectivity index (χ2n) is 6.30. The molecule has 0 bridgehead atoms. The molecular formula is C21H19N3O4. The predicted molar refractivity (Wildman–Crippen MR) is 105 cm³/mol. The Morgan fingerprint density at radius 2 is 1.89 bits per heavy atom. The van der Waals surface area contributed by atoms with Crippen LogP contribution in [-0.4, -0.2) is 28.7 Å². The second kappa shape index (κ2) is 7.96. The highest BCUT2D eigenvalue weighted by atomic mass is 16.6. The number of amides is 1. The molecule has 7 nitrogen and oxygen atoms in total. The number of hydrogen-bond acceptors (Lipinski definition) is 5. The zero-order chi connectivity index (χ0) is 19.3. The predicted octanol–water partition coefficient (Wildman–Crippen LogP) is 2.71. The summed E-state index contributed by atoms with van der Waals surface area (Å²) in [7, 11) is 0. The van der Waals surface area contributed by atoms with E-state index in [1.807, 2.05) is 30.3 Å². The number of carbonyl (C=O) groups excluding carboxylic acids is 1. The Bertz CT molecular complexity index is 1060. The Morgan fingerprint density at radius 1 is 1.04 bits per heavy atom. The van der Waals surface area contributed by atoms with Crippen LogP contribution in [0.2, 0.25) is 0 Å². The van der Waals surface area contributed by atoms with Crippen molar-refractivity contribution in [1.82, 2.24) is 9.55 Å². The summed E-state index contributed by atoms with van der Waals surface area (Å²) in [5, 5.41) is 2.78. The number of carbonyl (C=O) groups is 1. The number of benzene rings is 1. The average molecular weight is 377 g/mol. The number of hydrogen-bond donors (Lipinski definition) is 1. The first-order valence-corrected chi connectivity index (χ1v) is 9.01. The van der Waals surface area contributed by atoms with E-state index in [-0.39, 0.29) is 17.9 Å². The van der Waals surface area contributed by atoms with Gasteiger partial charge < -0.3 is 19.4 Å². The van der Waals surface area contributed by atoms with Gasteiger partial charge in [-0.2, -0.15) is 0 Å². The van der Waals surface area contributed by atoms with Crippen LogP contribution in [0.5, 0.6) is 11.5 Å². The maximum Gasteiger partial charge on any atom is 0.250 e. The van der Waals surface area contributed by atoms with Crippen LogP contribution in [0.3, 0.4) is 0 Å². The Morgan fingerprint density at radius 3 is 2.75 bits per heavy atom. The lowest BCUT2D eigenvalue weighted by Gasteiger charge is -2.18. The molecule has 3 aromatic rings. The van der Waals surface area contributed by atoms with Crippen LogP contribution in [0.25, 0.3) is 11.3 Å². The van der Waals surface area contributed by atoms with Gasteiger partial charge in [0.1, 0.15) is 19.0 Å². The minimum Gasteiger partial charge on any atom is -0.486 e. The molecule has 4 rings (SSSR count). The van der Waals surface area contributed by atoms with E-state index in [4.69, 9.17) is 9.47 Å². The second-order valence-corrected chi connectivity index (χ2v) is 6.30. The first-order valence-electron chi connectivity index (χ1n) is 9.01. The van der Waals surface area contributed by atoms with Crippen LogP contribution >= 0.6 is 0 Å². The summed E-state index contributed by atoms with van der Waals surface area (Å²) < 4.78 is 12.6. The highest BCUT2D eigenvalue weighted by molar-refractivity contribution is 5.90. The van der Waals surface area contributed by atoms with E-state index >= 15 is 0 Å². The number of nitrogens with zero attached hydrogens (tertiary/aromatic N) is 2. The van der Waals surface area contributed by atoms with Crippen molar-refractivity contribution in [2.45, 2.75) is 13.0 Å². The molecule has 0 fully saturated rings. The fraction of sp³-hybridized carbons (Fsp3) is 0.190. The molecule has 1 amide bonds. The summed E-state index contributed by atoms with van der Waals surface area (Å²) >= 11 is 0. The van der Waals surface area contributed by atoms with Gasteiger partial charge in [-0.15, -0.1) is 0 Å². The molecule has 142 valence electrons. The maximum absolute atomic E-state index is 12.2. The number of aryl methyl sites for hydroxylation is 1. The quantitative estimate of drug-likeness (QED) is 0.739. The van der Waals surface area contributed by atoms with Gasteiger partial charge in [-0.05, 0) is 36.4 Å². The molecule has 0 atom stereocenters. The van der Waals surface area contributed by atoms with Crippen LogP contribution < -0.4 is 20.3 Å². The van der Waals surface area contributed by atoms with Crippen molar-refractivity contribution in [2.75, 3.05) is 18.5 Å². The number of pyridine rings is 2. The van der Waals surface area contributed by atoms with E-state index in [1.54, 1.807) is 24.4 Å². The van der Waals surface area contributed by atoms with Crippen molar-refractivity contribution < 1.29 is 14.3 Å². The first kappa shape index (κ1) is 17.8. The SMILES string of the molecule is O=C(CCn1ccccc1=O)Nc1cccc(-c2ccc3c(c2)OCCO3)n1. The number of nitrogens with one attached hydrogen (secondary N) is 1. The number of fused-ring (bicyclic) bond motifs is 1. The third kappa shape index (κ3) is 4.03. The van der Waals surface area contributed by atoms with E-state index in [2.05, 4.69) is 10.3 Å². The molecule has 1 aliphatic heterocycles. The molecule has 0 aliphatic carbocycles. The number of anilines is 1. The summed E-state index contributed by atoms with van der Waals surface area (Å²) in [5.74, 6) is 1.66. The molecule has 1 aromatic carbocycles. The molecule has 0 saturated heterocycles. The Labute approximate surface area is 161 Å². The highest BCUT2D eigenvalue weighted by Crippen LogP contribution is 2.34. The van der Waals surface area contributed by atoms with Crippen LogP contribution in [0.4, 0.5) is 5.82 Å². The van der Waals surface area contributed by atoms with Crippen molar-refractivity contribution in [2.24, 2.45) is 0 Å². The van der Waals surface area contributed by atoms with Gasteiger partial charge in [-0.3, -0.25) is 9.59 Å². The summed E-state index contributed by atoms with van der Waals surface area (Å²) in [6, 6.07) is 16.0. The van der Waals surface area contributed by atoms with Gasteiger partial charge >= 0.3 is 0 Å². The Hall–Kier alpha value is -3.61. The topological polar surface area (TPSA) is 82.5 Å². The summed E-state index contributed by atoms with van der Waals surface area (Å²) in [4.78, 5) is 28.4. The fourth-order valence-electron chi connectivity index (χ4n) is 2.94. The standard InChI is InChI=1S/C21H19N3O4/c25-20(9-11-24-10-2-1-6-21(24)26)23-19-5-3-4-16(22-19)15-7-8-17-18(14-15)28-13-12-27-17/h1-8,10,14H,9,11-13H2,(H,22,23,25). The van der Waals surface area contributed by atoms with Gasteiger partial charge in [-0.1, -0.05) is 12.1 Å². The zero-order valence-electron chi connectivity index (χ0n) is 15.1. The molecule has 28 heavy (non-hydrogen) atoms. The van der Waals surface area contributed by atoms with Crippen LogP contribution in [0.15, 0.2) is 65.6 Å². The zero-order valence-corrected chi connectivity index (χ0v) is 15.1. The number of aromatic nitrogens is 2. The first-order chi connectivity index (χ1) is 13.7. The Balaban J connectivity index is 1.44. The lowest BCUT2D eigenvalue weighted by atomic mass is 10.1. The summed E-state index contributed by atoms with van der Waals surface area (Å²) in [6.07, 6.45) is 1.84. The lowest BCUT2D eigenvalue weighted by Crippen LogP contribution is -2.22. The number of rotatable bonds is 5. The highest BCUT2D eigenvalue weighted by Gasteiger charge is 2.13. The molecule has 2 aromatic heterocycles. The summed E-state index contributed by atoms with van der Waals surface area (Å²) in [6.45, 7) is 1.37. The van der Waals surface area contributed by atoms with Crippen molar-refractivity contribution in [1.29, 1.82) is 0 Å². The smallest absolute Gasteiger partial charge is 0.250 e. The maximum atomic E-state index is 12.2. The minimum absolute atomic E-state index is 0.131. The fourth-order valence-corrected chi connectivity index (χ4v) is 2.94. The molecule has 0 unspecified atom stereocenters. The van der Waals surface area contributed by atoms with E-state index in [1.165, 1.54) is 10.6 Å². The molecule has 1 N–H and O–H groups in total. The van der Waals surface area contributed by atoms with Gasteiger partial charge in [-0.25, -0.2) is 4.98 Å². The van der Waals surface area contributed by atoms with Gasteiger partial charge in [0.15, 0.2) is 11.5 Å². The van der Waals surface area contributed by atoms with Crippen molar-refractivity contribution in [3.05, 3.63) is 71.1 Å². The van der Waals surface area contributed by atoms with Gasteiger partial charge in [0, 0.05) is 30.8 Å². The molecule has 7 heteroatoms. The van der Waals surface area contributed by atoms with E-state index in [0.29, 0.717) is 37.0 Å². The van der Waals surface area contributed by atoms with Gasteiger partial charge in [0.25, 0.3) is 5.56 Å². The van der Waals surface area contributed by atoms with E-state index in [9.17, 15) is 9.59 Å². The molecule has 0 saturated carbocycles. The van der Waals surface area contributed by atoms with Gasteiger partial charge in [0.2, 0.25) is 5.91 Å². The van der Waals surface area contributed by atoms with Crippen LogP contribution in [-0.2, 0) is 11.3 Å². The third-order valence-electron chi connectivity index (χ3n) is 4.33.